The van der Waals surface area contributed by atoms with Crippen LogP contribution >= 0.6 is 0 Å². The van der Waals surface area contributed by atoms with E-state index in [1.807, 2.05) is 0 Å². The second kappa shape index (κ2) is 7.15. The van der Waals surface area contributed by atoms with Crippen molar-refractivity contribution in [3.8, 4) is 23.0 Å². The van der Waals surface area contributed by atoms with Gasteiger partial charge in [0.25, 0.3) is 0 Å². The second-order valence-electron chi connectivity index (χ2n) is 5.62. The molecule has 0 saturated carbocycles. The van der Waals surface area contributed by atoms with Crippen LogP contribution in [-0.4, -0.2) is 29.6 Å². The highest BCUT2D eigenvalue weighted by molar-refractivity contribution is 7.90. The Morgan fingerprint density at radius 3 is 2.43 bits per heavy atom. The third-order valence-electron chi connectivity index (χ3n) is 3.44. The van der Waals surface area contributed by atoms with Crippen LogP contribution in [0.25, 0.3) is 11.4 Å². The van der Waals surface area contributed by atoms with Crippen LogP contribution in [0.15, 0.2) is 53.7 Å². The van der Waals surface area contributed by atoms with E-state index in [-0.39, 0.29) is 17.1 Å². The maximum Gasteiger partial charge on any atom is 0.433 e. The van der Waals surface area contributed by atoms with Gasteiger partial charge in [0.05, 0.1) is 0 Å². The number of pyridine rings is 1. The zero-order valence-electron chi connectivity index (χ0n) is 14.1. The molecule has 0 radical (unpaired) electrons. The SMILES string of the molecule is CS(=O)(=O)c1cc(Oc2cc(C(F)(F)F)nc(-c3cccnc3)n2)ccc1F. The van der Waals surface area contributed by atoms with Crippen molar-refractivity contribution in [2.24, 2.45) is 0 Å². The van der Waals surface area contributed by atoms with Crippen LogP contribution in [0.3, 0.4) is 0 Å². The molecule has 11 heteroatoms. The molecule has 0 aliphatic heterocycles. The molecule has 3 aromatic rings. The van der Waals surface area contributed by atoms with Crippen LogP contribution in [0.4, 0.5) is 17.6 Å². The summed E-state index contributed by atoms with van der Waals surface area (Å²) in [6.07, 6.45) is -1.28. The summed E-state index contributed by atoms with van der Waals surface area (Å²) in [7, 11) is -3.91. The Morgan fingerprint density at radius 1 is 1.07 bits per heavy atom. The number of aromatic nitrogens is 3. The largest absolute Gasteiger partial charge is 0.439 e. The van der Waals surface area contributed by atoms with Crippen molar-refractivity contribution < 1.29 is 30.7 Å². The topological polar surface area (TPSA) is 82.0 Å². The average molecular weight is 413 g/mol. The molecular weight excluding hydrogens is 402 g/mol. The second-order valence-corrected chi connectivity index (χ2v) is 7.61. The van der Waals surface area contributed by atoms with Gasteiger partial charge in [-0.1, -0.05) is 0 Å². The predicted molar refractivity (Wildman–Crippen MR) is 89.8 cm³/mol. The van der Waals surface area contributed by atoms with E-state index in [0.717, 1.165) is 24.5 Å². The molecule has 146 valence electrons. The van der Waals surface area contributed by atoms with Crippen molar-refractivity contribution >= 4 is 9.84 Å². The van der Waals surface area contributed by atoms with Gasteiger partial charge in [-0.25, -0.2) is 17.8 Å². The first-order valence-electron chi connectivity index (χ1n) is 7.58. The first-order chi connectivity index (χ1) is 13.0. The molecule has 0 amide bonds. The number of rotatable bonds is 4. The zero-order chi connectivity index (χ0) is 20.5. The number of ether oxygens (including phenoxy) is 1. The normalized spacial score (nSPS) is 12.0. The first-order valence-corrected chi connectivity index (χ1v) is 9.47. The van der Waals surface area contributed by atoms with Gasteiger partial charge < -0.3 is 4.74 Å². The number of halogens is 4. The predicted octanol–water partition coefficient (Wildman–Crippen LogP) is 3.89. The Kier molecular flexibility index (Phi) is 5.02. The molecule has 0 unspecified atom stereocenters. The van der Waals surface area contributed by atoms with E-state index >= 15 is 0 Å². The first kappa shape index (κ1) is 19.7. The summed E-state index contributed by atoms with van der Waals surface area (Å²) in [5.74, 6) is -1.99. The summed E-state index contributed by atoms with van der Waals surface area (Å²) in [5.41, 5.74) is -1.05. The Morgan fingerprint density at radius 2 is 1.82 bits per heavy atom. The lowest BCUT2D eigenvalue weighted by Gasteiger charge is -2.12. The fourth-order valence-corrected chi connectivity index (χ4v) is 2.95. The number of sulfone groups is 1. The monoisotopic (exact) mass is 413 g/mol. The summed E-state index contributed by atoms with van der Waals surface area (Å²) < 4.78 is 81.7. The molecule has 2 aromatic heterocycles. The molecule has 0 N–H and O–H groups in total. The molecular formula is C17H11F4N3O3S. The number of hydrogen-bond donors (Lipinski definition) is 0. The lowest BCUT2D eigenvalue weighted by atomic mass is 10.2. The van der Waals surface area contributed by atoms with Crippen molar-refractivity contribution in [1.82, 2.24) is 15.0 Å². The van der Waals surface area contributed by atoms with Gasteiger partial charge in [0, 0.05) is 36.3 Å². The number of alkyl halides is 3. The smallest absolute Gasteiger partial charge is 0.433 e. The number of benzene rings is 1. The van der Waals surface area contributed by atoms with Crippen LogP contribution < -0.4 is 4.74 Å². The molecule has 0 saturated heterocycles. The number of nitrogens with zero attached hydrogens (tertiary/aromatic N) is 3. The van der Waals surface area contributed by atoms with E-state index in [9.17, 15) is 26.0 Å². The van der Waals surface area contributed by atoms with E-state index < -0.39 is 38.3 Å². The Labute approximate surface area is 156 Å². The van der Waals surface area contributed by atoms with Crippen LogP contribution in [0.1, 0.15) is 5.69 Å². The van der Waals surface area contributed by atoms with Crippen LogP contribution in [-0.2, 0) is 16.0 Å². The lowest BCUT2D eigenvalue weighted by Crippen LogP contribution is -2.10. The Hall–Kier alpha value is -3.08. The van der Waals surface area contributed by atoms with Crippen LogP contribution in [0.2, 0.25) is 0 Å². The minimum atomic E-state index is -4.78. The summed E-state index contributed by atoms with van der Waals surface area (Å²) in [6, 6.07) is 6.29. The maximum absolute atomic E-state index is 13.7. The minimum absolute atomic E-state index is 0.203. The highest BCUT2D eigenvalue weighted by Gasteiger charge is 2.34. The lowest BCUT2D eigenvalue weighted by molar-refractivity contribution is -0.141. The molecule has 0 spiro atoms. The fourth-order valence-electron chi connectivity index (χ4n) is 2.20. The third kappa shape index (κ3) is 4.42. The molecule has 1 aromatic carbocycles. The van der Waals surface area contributed by atoms with Crippen LogP contribution in [0, 0.1) is 5.82 Å². The van der Waals surface area contributed by atoms with Gasteiger partial charge in [0.15, 0.2) is 21.4 Å². The highest BCUT2D eigenvalue weighted by atomic mass is 32.2. The Bertz CT molecular complexity index is 1120. The zero-order valence-corrected chi connectivity index (χ0v) is 14.9. The van der Waals surface area contributed by atoms with Gasteiger partial charge in [0.1, 0.15) is 16.5 Å². The average Bonchev–Trinajstić information content (AvgIpc) is 2.62. The van der Waals surface area contributed by atoms with E-state index in [1.54, 1.807) is 0 Å². The fraction of sp³-hybridized carbons (Fsp3) is 0.118. The highest BCUT2D eigenvalue weighted by Crippen LogP contribution is 2.33. The van der Waals surface area contributed by atoms with E-state index in [1.165, 1.54) is 24.5 Å². The van der Waals surface area contributed by atoms with Crippen molar-refractivity contribution in [2.75, 3.05) is 6.26 Å². The molecule has 0 atom stereocenters. The van der Waals surface area contributed by atoms with Gasteiger partial charge in [-0.2, -0.15) is 18.2 Å². The van der Waals surface area contributed by atoms with E-state index in [4.69, 9.17) is 4.74 Å². The van der Waals surface area contributed by atoms with Crippen molar-refractivity contribution in [3.05, 3.63) is 60.3 Å². The molecule has 3 rings (SSSR count). The van der Waals surface area contributed by atoms with Gasteiger partial charge in [-0.15, -0.1) is 0 Å². The van der Waals surface area contributed by atoms with Crippen molar-refractivity contribution in [3.63, 3.8) is 0 Å². The summed E-state index contributed by atoms with van der Waals surface area (Å²) in [4.78, 5) is 10.5. The summed E-state index contributed by atoms with van der Waals surface area (Å²) in [5, 5.41) is 0. The minimum Gasteiger partial charge on any atom is -0.439 e. The van der Waals surface area contributed by atoms with Crippen molar-refractivity contribution in [2.45, 2.75) is 11.1 Å². The van der Waals surface area contributed by atoms with E-state index in [2.05, 4.69) is 15.0 Å². The van der Waals surface area contributed by atoms with Crippen LogP contribution in [0.5, 0.6) is 11.6 Å². The third-order valence-corrected chi connectivity index (χ3v) is 4.55. The molecule has 28 heavy (non-hydrogen) atoms. The number of hydrogen-bond acceptors (Lipinski definition) is 6. The quantitative estimate of drug-likeness (QED) is 0.604. The van der Waals surface area contributed by atoms with Crippen molar-refractivity contribution in [1.29, 1.82) is 0 Å². The standard InChI is InChI=1S/C17H11F4N3O3S/c1-28(25,26)13-7-11(4-5-12(13)18)27-15-8-14(17(19,20)21)23-16(24-15)10-3-2-6-22-9-10/h2-9H,1H3. The molecule has 0 aliphatic rings. The van der Waals surface area contributed by atoms with Gasteiger partial charge in [-0.05, 0) is 24.3 Å². The Balaban J connectivity index is 2.07. The maximum atomic E-state index is 13.7. The van der Waals surface area contributed by atoms with Gasteiger partial charge in [0.2, 0.25) is 5.88 Å². The molecule has 6 nitrogen and oxygen atoms in total. The van der Waals surface area contributed by atoms with Gasteiger partial charge >= 0.3 is 6.18 Å². The summed E-state index contributed by atoms with van der Waals surface area (Å²) in [6.45, 7) is 0. The molecule has 0 fully saturated rings. The molecule has 0 aliphatic carbocycles. The molecule has 0 bridgehead atoms. The van der Waals surface area contributed by atoms with E-state index in [0.29, 0.717) is 6.07 Å². The van der Waals surface area contributed by atoms with Gasteiger partial charge in [-0.3, -0.25) is 4.98 Å². The molecule has 2 heterocycles. The summed E-state index contributed by atoms with van der Waals surface area (Å²) >= 11 is 0.